The fraction of sp³-hybridized carbons (Fsp3) is 0.462. The summed E-state index contributed by atoms with van der Waals surface area (Å²) < 4.78 is 4.94. The van der Waals surface area contributed by atoms with Crippen LogP contribution in [0, 0.1) is 0 Å². The van der Waals surface area contributed by atoms with Gasteiger partial charge in [-0.3, -0.25) is 0 Å². The molecule has 1 aliphatic rings. The summed E-state index contributed by atoms with van der Waals surface area (Å²) in [4.78, 5) is 13.8. The zero-order valence-electron chi connectivity index (χ0n) is 10.6. The third kappa shape index (κ3) is 2.34. The number of ether oxygens (including phenoxy) is 1. The highest BCUT2D eigenvalue weighted by Gasteiger charge is 2.19. The van der Waals surface area contributed by atoms with Gasteiger partial charge in [0.15, 0.2) is 0 Å². The van der Waals surface area contributed by atoms with Crippen LogP contribution in [0.2, 0.25) is 0 Å². The van der Waals surface area contributed by atoms with Gasteiger partial charge >= 0.3 is 5.97 Å². The normalized spacial score (nSPS) is 14.8. The number of anilines is 3. The number of rotatable bonds is 3. The molecule has 0 radical (unpaired) electrons. The van der Waals surface area contributed by atoms with Crippen molar-refractivity contribution in [2.75, 3.05) is 36.1 Å². The number of benzene rings is 1. The van der Waals surface area contributed by atoms with Crippen LogP contribution in [-0.4, -0.2) is 25.7 Å². The summed E-state index contributed by atoms with van der Waals surface area (Å²) >= 11 is 0. The third-order valence-electron chi connectivity index (χ3n) is 3.10. The van der Waals surface area contributed by atoms with E-state index in [1.54, 1.807) is 19.1 Å². The lowest BCUT2D eigenvalue weighted by molar-refractivity contribution is 0.0526. The smallest absolute Gasteiger partial charge is 0.338 e. The molecule has 4 N–H and O–H groups in total. The Hall–Kier alpha value is -1.91. The van der Waals surface area contributed by atoms with Crippen molar-refractivity contribution in [1.82, 2.24) is 0 Å². The van der Waals surface area contributed by atoms with Crippen LogP contribution in [0.1, 0.15) is 30.1 Å². The van der Waals surface area contributed by atoms with E-state index in [1.165, 1.54) is 0 Å². The molecule has 1 fully saturated rings. The van der Waals surface area contributed by atoms with E-state index in [2.05, 4.69) is 4.90 Å². The minimum Gasteiger partial charge on any atom is -0.462 e. The Bertz CT molecular complexity index is 431. The van der Waals surface area contributed by atoms with E-state index in [-0.39, 0.29) is 5.97 Å². The van der Waals surface area contributed by atoms with Crippen molar-refractivity contribution in [3.8, 4) is 0 Å². The van der Waals surface area contributed by atoms with Crippen molar-refractivity contribution < 1.29 is 9.53 Å². The molecule has 0 amide bonds. The monoisotopic (exact) mass is 249 g/mol. The Morgan fingerprint density at radius 2 is 1.83 bits per heavy atom. The Balaban J connectivity index is 2.31. The van der Waals surface area contributed by atoms with E-state index >= 15 is 0 Å². The van der Waals surface area contributed by atoms with Gasteiger partial charge in [0.25, 0.3) is 0 Å². The fourth-order valence-electron chi connectivity index (χ4n) is 2.32. The Morgan fingerprint density at radius 1 is 1.28 bits per heavy atom. The topological polar surface area (TPSA) is 81.6 Å². The molecule has 0 atom stereocenters. The summed E-state index contributed by atoms with van der Waals surface area (Å²) in [6, 6.07) is 3.28. The highest BCUT2D eigenvalue weighted by molar-refractivity contribution is 5.95. The van der Waals surface area contributed by atoms with Gasteiger partial charge in [-0.15, -0.1) is 0 Å². The molecule has 1 aromatic carbocycles. The molecular formula is C13H19N3O2. The lowest BCUT2D eigenvalue weighted by Gasteiger charge is -2.22. The van der Waals surface area contributed by atoms with Gasteiger partial charge < -0.3 is 21.1 Å². The standard InChI is InChI=1S/C13H19N3O2/c1-2-18-13(17)9-7-10(14)12(11(15)8-9)16-5-3-4-6-16/h7-8H,2-6,14-15H2,1H3. The van der Waals surface area contributed by atoms with E-state index in [4.69, 9.17) is 16.2 Å². The zero-order valence-corrected chi connectivity index (χ0v) is 10.6. The van der Waals surface area contributed by atoms with Gasteiger partial charge in [-0.2, -0.15) is 0 Å². The average Bonchev–Trinajstić information content (AvgIpc) is 2.82. The van der Waals surface area contributed by atoms with E-state index < -0.39 is 0 Å². The summed E-state index contributed by atoms with van der Waals surface area (Å²) in [5.41, 5.74) is 14.4. The highest BCUT2D eigenvalue weighted by atomic mass is 16.5. The molecule has 0 bridgehead atoms. The fourth-order valence-corrected chi connectivity index (χ4v) is 2.32. The number of hydrogen-bond acceptors (Lipinski definition) is 5. The van der Waals surface area contributed by atoms with Crippen molar-refractivity contribution in [3.05, 3.63) is 17.7 Å². The largest absolute Gasteiger partial charge is 0.462 e. The molecule has 0 spiro atoms. The van der Waals surface area contributed by atoms with Crippen molar-refractivity contribution in [2.45, 2.75) is 19.8 Å². The molecule has 0 aliphatic carbocycles. The molecule has 98 valence electrons. The second kappa shape index (κ2) is 5.16. The SMILES string of the molecule is CCOC(=O)c1cc(N)c(N2CCCC2)c(N)c1. The minimum absolute atomic E-state index is 0.340. The number of hydrogen-bond donors (Lipinski definition) is 2. The molecule has 5 heteroatoms. The van der Waals surface area contributed by atoms with Gasteiger partial charge in [-0.25, -0.2) is 4.79 Å². The highest BCUT2D eigenvalue weighted by Crippen LogP contribution is 2.34. The lowest BCUT2D eigenvalue weighted by Crippen LogP contribution is -2.21. The first kappa shape index (κ1) is 12.5. The Morgan fingerprint density at radius 3 is 2.33 bits per heavy atom. The molecule has 1 saturated heterocycles. The first-order valence-electron chi connectivity index (χ1n) is 6.24. The van der Waals surface area contributed by atoms with Crippen LogP contribution in [0.5, 0.6) is 0 Å². The number of nitrogen functional groups attached to an aromatic ring is 2. The predicted molar refractivity (Wildman–Crippen MR) is 72.7 cm³/mol. The molecule has 1 aliphatic heterocycles. The van der Waals surface area contributed by atoms with Gasteiger partial charge in [-0.1, -0.05) is 0 Å². The van der Waals surface area contributed by atoms with Crippen LogP contribution in [-0.2, 0) is 4.74 Å². The first-order chi connectivity index (χ1) is 8.63. The van der Waals surface area contributed by atoms with Crippen molar-refractivity contribution in [2.24, 2.45) is 0 Å². The third-order valence-corrected chi connectivity index (χ3v) is 3.10. The summed E-state index contributed by atoms with van der Waals surface area (Å²) in [7, 11) is 0. The molecule has 18 heavy (non-hydrogen) atoms. The van der Waals surface area contributed by atoms with Gasteiger partial charge in [0.05, 0.1) is 29.2 Å². The Labute approximate surface area is 107 Å². The van der Waals surface area contributed by atoms with Gasteiger partial charge in [0, 0.05) is 13.1 Å². The predicted octanol–water partition coefficient (Wildman–Crippen LogP) is 1.63. The summed E-state index contributed by atoms with van der Waals surface area (Å²) in [5, 5.41) is 0. The number of nitrogens with two attached hydrogens (primary N) is 2. The molecule has 0 aromatic heterocycles. The first-order valence-corrected chi connectivity index (χ1v) is 6.24. The lowest BCUT2D eigenvalue weighted by atomic mass is 10.1. The van der Waals surface area contributed by atoms with Gasteiger partial charge in [0.2, 0.25) is 0 Å². The maximum Gasteiger partial charge on any atom is 0.338 e. The molecule has 2 rings (SSSR count). The second-order valence-electron chi connectivity index (χ2n) is 4.42. The molecule has 5 nitrogen and oxygen atoms in total. The van der Waals surface area contributed by atoms with E-state index in [1.807, 2.05) is 0 Å². The number of carbonyl (C=O) groups excluding carboxylic acids is 1. The maximum absolute atomic E-state index is 11.6. The molecule has 0 unspecified atom stereocenters. The van der Waals surface area contributed by atoms with Crippen LogP contribution >= 0.6 is 0 Å². The average molecular weight is 249 g/mol. The van der Waals surface area contributed by atoms with Crippen molar-refractivity contribution in [3.63, 3.8) is 0 Å². The number of esters is 1. The van der Waals surface area contributed by atoms with E-state index in [0.29, 0.717) is 23.5 Å². The number of carbonyl (C=O) groups is 1. The second-order valence-corrected chi connectivity index (χ2v) is 4.42. The Kier molecular flexibility index (Phi) is 3.60. The van der Waals surface area contributed by atoms with Crippen LogP contribution in [0.4, 0.5) is 17.1 Å². The molecule has 0 saturated carbocycles. The summed E-state index contributed by atoms with van der Waals surface area (Å²) in [6.45, 7) is 4.04. The van der Waals surface area contributed by atoms with Crippen LogP contribution in [0.3, 0.4) is 0 Å². The summed E-state index contributed by atoms with van der Waals surface area (Å²) in [6.07, 6.45) is 2.30. The van der Waals surface area contributed by atoms with Gasteiger partial charge in [-0.05, 0) is 31.9 Å². The summed E-state index contributed by atoms with van der Waals surface area (Å²) in [5.74, 6) is -0.385. The maximum atomic E-state index is 11.6. The van der Waals surface area contributed by atoms with Crippen LogP contribution in [0.15, 0.2) is 12.1 Å². The zero-order chi connectivity index (χ0) is 13.1. The number of nitrogens with zero attached hydrogens (tertiary/aromatic N) is 1. The van der Waals surface area contributed by atoms with E-state index in [0.717, 1.165) is 31.6 Å². The van der Waals surface area contributed by atoms with Gasteiger partial charge in [0.1, 0.15) is 0 Å². The molecule has 1 heterocycles. The molecule has 1 aromatic rings. The van der Waals surface area contributed by atoms with Crippen molar-refractivity contribution in [1.29, 1.82) is 0 Å². The van der Waals surface area contributed by atoms with Crippen LogP contribution in [0.25, 0.3) is 0 Å². The van der Waals surface area contributed by atoms with Crippen LogP contribution < -0.4 is 16.4 Å². The van der Waals surface area contributed by atoms with Crippen molar-refractivity contribution >= 4 is 23.0 Å². The minimum atomic E-state index is -0.385. The quantitative estimate of drug-likeness (QED) is 0.628. The van der Waals surface area contributed by atoms with E-state index in [9.17, 15) is 4.79 Å². The molecular weight excluding hydrogens is 230 g/mol.